The fraction of sp³-hybridized carbons (Fsp3) is 0. The maximum Gasteiger partial charge on any atom is 0.243 e. The Kier molecular flexibility index (Phi) is 3.36. The summed E-state index contributed by atoms with van der Waals surface area (Å²) in [5.41, 5.74) is 2.10. The zero-order chi connectivity index (χ0) is 4.24. The monoisotopic (exact) mass is 115 g/mol. The molecule has 1 heterocycles. The summed E-state index contributed by atoms with van der Waals surface area (Å²) in [7, 11) is -0.259. The van der Waals surface area contributed by atoms with Crippen LogP contribution in [0.1, 0.15) is 0 Å². The molecular formula is C4H9NOSi. The minimum Gasteiger partial charge on any atom is -0.551 e. The van der Waals surface area contributed by atoms with Crippen molar-refractivity contribution < 1.29 is 4.43 Å². The van der Waals surface area contributed by atoms with Crippen molar-refractivity contribution in [2.24, 2.45) is 0 Å². The van der Waals surface area contributed by atoms with Crippen LogP contribution in [0.25, 0.3) is 0 Å². The Bertz CT molecular complexity index is 77.7. The Hall–Kier alpha value is -0.543. The van der Waals surface area contributed by atoms with Crippen LogP contribution in [0.2, 0.25) is 0 Å². The first-order valence-electron chi connectivity index (χ1n) is 1.93. The highest BCUT2D eigenvalue weighted by Crippen LogP contribution is 1.84. The van der Waals surface area contributed by atoms with Crippen molar-refractivity contribution in [3.05, 3.63) is 24.1 Å². The Morgan fingerprint density at radius 1 is 1.29 bits per heavy atom. The highest BCUT2D eigenvalue weighted by atomic mass is 28.2. The second-order valence-corrected chi connectivity index (χ2v) is 2.23. The molecular weight excluding hydrogens is 106 g/mol. The van der Waals surface area contributed by atoms with Crippen LogP contribution >= 0.6 is 0 Å². The number of hydrogen-bond donors (Lipinski definition) is 1. The van der Waals surface area contributed by atoms with Crippen LogP contribution in [0.15, 0.2) is 24.1 Å². The summed E-state index contributed by atoms with van der Waals surface area (Å²) in [5.74, 6) is 0. The summed E-state index contributed by atoms with van der Waals surface area (Å²) in [5, 5.41) is 0. The van der Waals surface area contributed by atoms with Gasteiger partial charge >= 0.3 is 0 Å². The van der Waals surface area contributed by atoms with Crippen molar-refractivity contribution in [2.45, 2.75) is 0 Å². The molecule has 0 fully saturated rings. The first kappa shape index (κ1) is 6.46. The smallest absolute Gasteiger partial charge is 0.243 e. The van der Waals surface area contributed by atoms with Gasteiger partial charge < -0.3 is 10.6 Å². The molecule has 0 radical (unpaired) electrons. The molecule has 0 aliphatic carbocycles. The molecule has 0 spiro atoms. The number of hydrogen-bond acceptors (Lipinski definition) is 2. The molecule has 1 rings (SSSR count). The Balaban J connectivity index is 0.000000360. The molecule has 0 unspecified atom stereocenters. The van der Waals surface area contributed by atoms with Crippen LogP contribution in [-0.2, 0) is 4.43 Å². The van der Waals surface area contributed by atoms with Crippen LogP contribution in [0.3, 0.4) is 0 Å². The SMILES string of the molecule is C1=CO[SiH2]C=C1.N. The molecule has 0 amide bonds. The molecule has 0 atom stereocenters. The normalized spacial score (nSPS) is 18.3. The van der Waals surface area contributed by atoms with E-state index in [0.29, 0.717) is 0 Å². The quantitative estimate of drug-likeness (QED) is 0.461. The highest BCUT2D eigenvalue weighted by Gasteiger charge is 1.77. The van der Waals surface area contributed by atoms with Crippen molar-refractivity contribution in [1.29, 1.82) is 0 Å². The van der Waals surface area contributed by atoms with E-state index in [4.69, 9.17) is 4.43 Å². The van der Waals surface area contributed by atoms with Gasteiger partial charge in [0.1, 0.15) is 0 Å². The molecule has 0 bridgehead atoms. The van der Waals surface area contributed by atoms with E-state index >= 15 is 0 Å². The van der Waals surface area contributed by atoms with Crippen LogP contribution < -0.4 is 6.15 Å². The molecule has 7 heavy (non-hydrogen) atoms. The lowest BCUT2D eigenvalue weighted by Gasteiger charge is -1.94. The Morgan fingerprint density at radius 2 is 2.14 bits per heavy atom. The minimum atomic E-state index is -0.259. The van der Waals surface area contributed by atoms with Gasteiger partial charge in [0, 0.05) is 0 Å². The topological polar surface area (TPSA) is 44.2 Å². The lowest BCUT2D eigenvalue weighted by Crippen LogP contribution is -1.88. The average Bonchev–Trinajstić information content (AvgIpc) is 1.72. The average molecular weight is 115 g/mol. The molecule has 0 saturated heterocycles. The van der Waals surface area contributed by atoms with E-state index in [-0.39, 0.29) is 15.9 Å². The first-order chi connectivity index (χ1) is 3.00. The van der Waals surface area contributed by atoms with Crippen molar-refractivity contribution in [3.63, 3.8) is 0 Å². The molecule has 40 valence electrons. The Labute approximate surface area is 45.4 Å². The second-order valence-electron chi connectivity index (χ2n) is 1.09. The summed E-state index contributed by atoms with van der Waals surface area (Å²) in [6.45, 7) is 0. The summed E-state index contributed by atoms with van der Waals surface area (Å²) in [4.78, 5) is 0. The van der Waals surface area contributed by atoms with Gasteiger partial charge in [0.05, 0.1) is 6.26 Å². The highest BCUT2D eigenvalue weighted by molar-refractivity contribution is 6.34. The zero-order valence-electron chi connectivity index (χ0n) is 4.13. The largest absolute Gasteiger partial charge is 0.551 e. The van der Waals surface area contributed by atoms with Gasteiger partial charge in [0.2, 0.25) is 9.76 Å². The summed E-state index contributed by atoms with van der Waals surface area (Å²) in [6, 6.07) is 0. The maximum atomic E-state index is 4.94. The van der Waals surface area contributed by atoms with E-state index in [0.717, 1.165) is 0 Å². The summed E-state index contributed by atoms with van der Waals surface area (Å²) in [6.07, 6.45) is 5.67. The molecule has 1 aliphatic heterocycles. The van der Waals surface area contributed by atoms with Crippen LogP contribution in [0.4, 0.5) is 0 Å². The lowest BCUT2D eigenvalue weighted by atomic mass is 10.6. The van der Waals surface area contributed by atoms with Gasteiger partial charge in [-0.15, -0.1) is 0 Å². The van der Waals surface area contributed by atoms with Gasteiger partial charge in [-0.25, -0.2) is 0 Å². The third-order valence-electron chi connectivity index (χ3n) is 0.614. The van der Waals surface area contributed by atoms with Gasteiger partial charge in [-0.1, -0.05) is 11.8 Å². The molecule has 2 nitrogen and oxygen atoms in total. The van der Waals surface area contributed by atoms with Gasteiger partial charge in [0.25, 0.3) is 0 Å². The predicted octanol–water partition coefficient (Wildman–Crippen LogP) is 0.290. The van der Waals surface area contributed by atoms with Gasteiger partial charge in [-0.3, -0.25) is 0 Å². The number of rotatable bonds is 0. The zero-order valence-corrected chi connectivity index (χ0v) is 5.55. The van der Waals surface area contributed by atoms with Crippen molar-refractivity contribution >= 4 is 9.76 Å². The first-order valence-corrected chi connectivity index (χ1v) is 3.33. The third kappa shape index (κ3) is 2.19. The van der Waals surface area contributed by atoms with Crippen molar-refractivity contribution in [1.82, 2.24) is 6.15 Å². The molecule has 0 aromatic carbocycles. The minimum absolute atomic E-state index is 0. The molecule has 1 aliphatic rings. The predicted molar refractivity (Wildman–Crippen MR) is 32.9 cm³/mol. The van der Waals surface area contributed by atoms with E-state index in [1.54, 1.807) is 6.26 Å². The molecule has 3 N–H and O–H groups in total. The van der Waals surface area contributed by atoms with E-state index in [1.807, 2.05) is 12.2 Å². The van der Waals surface area contributed by atoms with Crippen molar-refractivity contribution in [2.75, 3.05) is 0 Å². The third-order valence-corrected chi connectivity index (χ3v) is 1.46. The standard InChI is InChI=1S/C4H6OSi.H3N/c1-2-4-6-5-3-1;/h1-4H,6H2;1H3. The lowest BCUT2D eigenvalue weighted by molar-refractivity contribution is 0.520. The summed E-state index contributed by atoms with van der Waals surface area (Å²) >= 11 is 0. The van der Waals surface area contributed by atoms with E-state index < -0.39 is 0 Å². The molecule has 0 aromatic heterocycles. The van der Waals surface area contributed by atoms with Crippen LogP contribution in [0.5, 0.6) is 0 Å². The van der Waals surface area contributed by atoms with Crippen LogP contribution in [0, 0.1) is 0 Å². The molecule has 3 heteroatoms. The fourth-order valence-electron chi connectivity index (χ4n) is 0.346. The van der Waals surface area contributed by atoms with Gasteiger partial charge in [-0.2, -0.15) is 0 Å². The fourth-order valence-corrected chi connectivity index (χ4v) is 0.948. The van der Waals surface area contributed by atoms with Gasteiger partial charge in [-0.05, 0) is 6.08 Å². The molecule has 0 aromatic rings. The van der Waals surface area contributed by atoms with E-state index in [1.165, 1.54) is 0 Å². The van der Waals surface area contributed by atoms with Crippen molar-refractivity contribution in [3.8, 4) is 0 Å². The summed E-state index contributed by atoms with van der Waals surface area (Å²) < 4.78 is 4.94. The number of allylic oxidation sites excluding steroid dienone is 2. The maximum absolute atomic E-state index is 4.94. The van der Waals surface area contributed by atoms with E-state index in [2.05, 4.69) is 5.70 Å². The van der Waals surface area contributed by atoms with E-state index in [9.17, 15) is 0 Å². The van der Waals surface area contributed by atoms with Crippen LogP contribution in [-0.4, -0.2) is 9.76 Å². The Morgan fingerprint density at radius 3 is 2.29 bits per heavy atom. The molecule has 0 saturated carbocycles. The van der Waals surface area contributed by atoms with Gasteiger partial charge in [0.15, 0.2) is 0 Å². The second kappa shape index (κ2) is 3.64.